The summed E-state index contributed by atoms with van der Waals surface area (Å²) >= 11 is 0. The van der Waals surface area contributed by atoms with Crippen molar-refractivity contribution in [2.24, 2.45) is 5.92 Å². The Hall–Kier alpha value is -2.05. The normalized spacial score (nSPS) is 14.5. The van der Waals surface area contributed by atoms with Gasteiger partial charge in [-0.3, -0.25) is 4.79 Å². The van der Waals surface area contributed by atoms with Gasteiger partial charge in [-0.1, -0.05) is 13.8 Å². The van der Waals surface area contributed by atoms with Crippen LogP contribution in [-0.4, -0.2) is 41.5 Å². The Morgan fingerprint density at radius 1 is 1.27 bits per heavy atom. The van der Waals surface area contributed by atoms with E-state index in [1.807, 2.05) is 13.8 Å². The fourth-order valence-corrected chi connectivity index (χ4v) is 2.31. The number of aromatic nitrogens is 1. The van der Waals surface area contributed by atoms with Crippen molar-refractivity contribution in [3.63, 3.8) is 0 Å². The molecule has 122 valence electrons. The first-order valence-electron chi connectivity index (χ1n) is 7.74. The second-order valence-corrected chi connectivity index (χ2v) is 5.97. The van der Waals surface area contributed by atoms with Gasteiger partial charge >= 0.3 is 6.03 Å². The Bertz CT molecular complexity index is 533. The van der Waals surface area contributed by atoms with Gasteiger partial charge in [0.05, 0.1) is 6.54 Å². The maximum absolute atomic E-state index is 12.3. The molecular formula is C15H24N4O3. The minimum absolute atomic E-state index is 0.0886. The molecule has 1 aliphatic rings. The molecule has 0 aromatic carbocycles. The van der Waals surface area contributed by atoms with Gasteiger partial charge in [-0.25, -0.2) is 9.78 Å². The van der Waals surface area contributed by atoms with Gasteiger partial charge in [0.15, 0.2) is 5.69 Å². The summed E-state index contributed by atoms with van der Waals surface area (Å²) in [7, 11) is 0. The molecule has 7 nitrogen and oxygen atoms in total. The Labute approximate surface area is 130 Å². The molecular weight excluding hydrogens is 284 g/mol. The van der Waals surface area contributed by atoms with Crippen molar-refractivity contribution in [2.45, 2.75) is 40.2 Å². The van der Waals surface area contributed by atoms with Crippen LogP contribution < -0.4 is 10.6 Å². The molecule has 1 aromatic heterocycles. The van der Waals surface area contributed by atoms with Gasteiger partial charge in [0.2, 0.25) is 5.89 Å². The molecule has 0 unspecified atom stereocenters. The van der Waals surface area contributed by atoms with Crippen molar-refractivity contribution in [3.05, 3.63) is 17.3 Å². The number of urea groups is 1. The number of nitrogens with one attached hydrogen (secondary N) is 2. The van der Waals surface area contributed by atoms with E-state index in [9.17, 15) is 9.59 Å². The first-order valence-corrected chi connectivity index (χ1v) is 7.74. The van der Waals surface area contributed by atoms with Gasteiger partial charge in [-0.2, -0.15) is 0 Å². The zero-order valence-corrected chi connectivity index (χ0v) is 13.4. The number of hydrogen-bond donors (Lipinski definition) is 2. The molecule has 3 amide bonds. The summed E-state index contributed by atoms with van der Waals surface area (Å²) in [5.74, 6) is 1.14. The maximum Gasteiger partial charge on any atom is 0.315 e. The monoisotopic (exact) mass is 308 g/mol. The molecule has 0 spiro atoms. The first kappa shape index (κ1) is 16.3. The molecule has 2 heterocycles. The number of nitrogens with zero attached hydrogens (tertiary/aromatic N) is 2. The van der Waals surface area contributed by atoms with Crippen molar-refractivity contribution in [2.75, 3.05) is 19.6 Å². The van der Waals surface area contributed by atoms with E-state index >= 15 is 0 Å². The molecule has 0 aliphatic carbocycles. The molecule has 1 aliphatic heterocycles. The zero-order valence-electron chi connectivity index (χ0n) is 13.4. The van der Waals surface area contributed by atoms with Crippen molar-refractivity contribution < 1.29 is 14.0 Å². The number of hydrogen-bond acceptors (Lipinski definition) is 4. The Morgan fingerprint density at radius 2 is 1.95 bits per heavy atom. The summed E-state index contributed by atoms with van der Waals surface area (Å²) in [5, 5.41) is 5.42. The SMILES string of the molecule is Cc1oc(CNC(=O)NCC(C)C)nc1C(=O)N1CCCC1. The van der Waals surface area contributed by atoms with E-state index in [2.05, 4.69) is 15.6 Å². The van der Waals surface area contributed by atoms with Gasteiger partial charge in [-0.05, 0) is 25.7 Å². The number of likely N-dealkylation sites (tertiary alicyclic amines) is 1. The molecule has 2 rings (SSSR count). The minimum atomic E-state index is -0.267. The zero-order chi connectivity index (χ0) is 16.1. The number of carbonyl (C=O) groups excluding carboxylic acids is 2. The average molecular weight is 308 g/mol. The molecule has 1 fully saturated rings. The predicted octanol–water partition coefficient (Wildman–Crippen LogP) is 1.67. The molecule has 0 bridgehead atoms. The first-order chi connectivity index (χ1) is 10.5. The number of carbonyl (C=O) groups is 2. The van der Waals surface area contributed by atoms with E-state index in [4.69, 9.17) is 4.42 Å². The largest absolute Gasteiger partial charge is 0.443 e. The summed E-state index contributed by atoms with van der Waals surface area (Å²) in [6.45, 7) is 8.08. The maximum atomic E-state index is 12.3. The van der Waals surface area contributed by atoms with E-state index < -0.39 is 0 Å². The highest BCUT2D eigenvalue weighted by molar-refractivity contribution is 5.93. The molecule has 1 saturated heterocycles. The second kappa shape index (κ2) is 7.29. The fourth-order valence-electron chi connectivity index (χ4n) is 2.31. The number of oxazole rings is 1. The van der Waals surface area contributed by atoms with Crippen LogP contribution in [0.4, 0.5) is 4.79 Å². The van der Waals surface area contributed by atoms with Gasteiger partial charge in [0.25, 0.3) is 5.91 Å². The topological polar surface area (TPSA) is 87.5 Å². The summed E-state index contributed by atoms with van der Waals surface area (Å²) in [6, 6.07) is -0.267. The van der Waals surface area contributed by atoms with Gasteiger partial charge < -0.3 is 20.0 Å². The van der Waals surface area contributed by atoms with Crippen molar-refractivity contribution in [1.29, 1.82) is 0 Å². The molecule has 0 radical (unpaired) electrons. The third-order valence-electron chi connectivity index (χ3n) is 3.51. The quantitative estimate of drug-likeness (QED) is 0.866. The highest BCUT2D eigenvalue weighted by Crippen LogP contribution is 2.16. The van der Waals surface area contributed by atoms with E-state index in [-0.39, 0.29) is 18.5 Å². The van der Waals surface area contributed by atoms with Crippen LogP contribution in [0.3, 0.4) is 0 Å². The van der Waals surface area contributed by atoms with Crippen molar-refractivity contribution in [1.82, 2.24) is 20.5 Å². The van der Waals surface area contributed by atoms with Crippen LogP contribution in [0.1, 0.15) is 48.8 Å². The lowest BCUT2D eigenvalue weighted by Gasteiger charge is -2.13. The number of rotatable bonds is 5. The van der Waals surface area contributed by atoms with E-state index in [1.165, 1.54) is 0 Å². The van der Waals surface area contributed by atoms with Crippen LogP contribution in [0, 0.1) is 12.8 Å². The summed E-state index contributed by atoms with van der Waals surface area (Å²) < 4.78 is 5.47. The fraction of sp³-hybridized carbons (Fsp3) is 0.667. The second-order valence-electron chi connectivity index (χ2n) is 5.97. The lowest BCUT2D eigenvalue weighted by molar-refractivity contribution is 0.0786. The summed E-state index contributed by atoms with van der Waals surface area (Å²) in [4.78, 5) is 29.9. The van der Waals surface area contributed by atoms with Crippen molar-refractivity contribution >= 4 is 11.9 Å². The molecule has 0 saturated carbocycles. The van der Waals surface area contributed by atoms with Crippen molar-refractivity contribution in [3.8, 4) is 0 Å². The van der Waals surface area contributed by atoms with Crippen LogP contribution >= 0.6 is 0 Å². The van der Waals surface area contributed by atoms with Crippen LogP contribution in [0.2, 0.25) is 0 Å². The molecule has 22 heavy (non-hydrogen) atoms. The lowest BCUT2D eigenvalue weighted by Crippen LogP contribution is -2.37. The van der Waals surface area contributed by atoms with Crippen LogP contribution in [0.25, 0.3) is 0 Å². The van der Waals surface area contributed by atoms with Gasteiger partial charge in [-0.15, -0.1) is 0 Å². The summed E-state index contributed by atoms with van der Waals surface area (Å²) in [6.07, 6.45) is 2.07. The van der Waals surface area contributed by atoms with E-state index in [1.54, 1.807) is 11.8 Å². The minimum Gasteiger partial charge on any atom is -0.443 e. The van der Waals surface area contributed by atoms with E-state index in [0.29, 0.717) is 29.8 Å². The van der Waals surface area contributed by atoms with Gasteiger partial charge in [0.1, 0.15) is 5.76 Å². The smallest absolute Gasteiger partial charge is 0.315 e. The third kappa shape index (κ3) is 4.22. The Morgan fingerprint density at radius 3 is 2.59 bits per heavy atom. The van der Waals surface area contributed by atoms with Crippen LogP contribution in [-0.2, 0) is 6.54 Å². The van der Waals surface area contributed by atoms with Gasteiger partial charge in [0, 0.05) is 19.6 Å². The number of aryl methyl sites for hydroxylation is 1. The van der Waals surface area contributed by atoms with Crippen LogP contribution in [0.5, 0.6) is 0 Å². The highest BCUT2D eigenvalue weighted by Gasteiger charge is 2.25. The Kier molecular flexibility index (Phi) is 5.41. The molecule has 7 heteroatoms. The number of amides is 3. The average Bonchev–Trinajstić information content (AvgIpc) is 3.11. The summed E-state index contributed by atoms with van der Waals surface area (Å²) in [5.41, 5.74) is 0.348. The predicted molar refractivity (Wildman–Crippen MR) is 81.5 cm³/mol. The third-order valence-corrected chi connectivity index (χ3v) is 3.51. The van der Waals surface area contributed by atoms with Crippen LogP contribution in [0.15, 0.2) is 4.42 Å². The lowest BCUT2D eigenvalue weighted by atomic mass is 10.2. The molecule has 0 atom stereocenters. The Balaban J connectivity index is 1.89. The molecule has 2 N–H and O–H groups in total. The highest BCUT2D eigenvalue weighted by atomic mass is 16.4. The standard InChI is InChI=1S/C15H24N4O3/c1-10(2)8-16-15(21)17-9-12-18-13(11(3)22-12)14(20)19-6-4-5-7-19/h10H,4-9H2,1-3H3,(H2,16,17,21). The van der Waals surface area contributed by atoms with E-state index in [0.717, 1.165) is 25.9 Å². The molecule has 1 aromatic rings.